The van der Waals surface area contributed by atoms with Crippen molar-refractivity contribution in [2.24, 2.45) is 0 Å². The van der Waals surface area contributed by atoms with E-state index in [-0.39, 0.29) is 10.7 Å². The molecule has 0 unspecified atom stereocenters. The van der Waals surface area contributed by atoms with Crippen LogP contribution < -0.4 is 10.0 Å². The molecule has 5 nitrogen and oxygen atoms in total. The molecule has 0 radical (unpaired) electrons. The molecule has 1 saturated heterocycles. The van der Waals surface area contributed by atoms with E-state index in [1.54, 1.807) is 0 Å². The van der Waals surface area contributed by atoms with Crippen LogP contribution >= 0.6 is 11.6 Å². The summed E-state index contributed by atoms with van der Waals surface area (Å²) < 4.78 is 23.2. The van der Waals surface area contributed by atoms with Gasteiger partial charge in [0.05, 0.1) is 10.7 Å². The number of benzene rings is 1. The van der Waals surface area contributed by atoms with Gasteiger partial charge in [0.15, 0.2) is 4.75 Å². The predicted octanol–water partition coefficient (Wildman–Crippen LogP) is 1.38. The third kappa shape index (κ3) is 1.44. The Labute approximate surface area is 104 Å². The number of hydrogen-bond donors (Lipinski definition) is 1. The van der Waals surface area contributed by atoms with Gasteiger partial charge in [0, 0.05) is 5.69 Å². The summed E-state index contributed by atoms with van der Waals surface area (Å²) in [7, 11) is -3.68. The number of nitrogen functional groups attached to an aromatic ring is 1. The molecule has 0 spiro atoms. The first-order valence-corrected chi connectivity index (χ1v) is 6.66. The largest absolute Gasteiger partial charge is 0.399 e. The van der Waals surface area contributed by atoms with E-state index in [0.717, 1.165) is 4.31 Å². The molecule has 92 valence electrons. The van der Waals surface area contributed by atoms with Crippen LogP contribution in [-0.2, 0) is 14.8 Å². The SMILES string of the molecule is CC1(C)C(=O)N(c2ccc(N)cc2Cl)S1(=O)=O. The zero-order valence-corrected chi connectivity index (χ0v) is 10.8. The Morgan fingerprint density at radius 1 is 1.35 bits per heavy atom. The number of rotatable bonds is 1. The van der Waals surface area contributed by atoms with Crippen LogP contribution in [0, 0.1) is 0 Å². The maximum absolute atomic E-state index is 11.9. The summed E-state index contributed by atoms with van der Waals surface area (Å²) in [5.74, 6) is -0.496. The smallest absolute Gasteiger partial charge is 0.263 e. The Morgan fingerprint density at radius 2 is 1.94 bits per heavy atom. The molecule has 1 aromatic carbocycles. The van der Waals surface area contributed by atoms with E-state index in [1.807, 2.05) is 0 Å². The molecular formula is C10H11ClN2O3S. The fraction of sp³-hybridized carbons (Fsp3) is 0.300. The summed E-state index contributed by atoms with van der Waals surface area (Å²) in [6.07, 6.45) is 0. The maximum Gasteiger partial charge on any atom is 0.263 e. The van der Waals surface area contributed by atoms with E-state index in [2.05, 4.69) is 0 Å². The van der Waals surface area contributed by atoms with Crippen molar-refractivity contribution < 1.29 is 13.2 Å². The summed E-state index contributed by atoms with van der Waals surface area (Å²) in [5, 5.41) is 0.137. The lowest BCUT2D eigenvalue weighted by atomic mass is 10.1. The van der Waals surface area contributed by atoms with Crippen LogP contribution in [0.2, 0.25) is 5.02 Å². The van der Waals surface area contributed by atoms with Crippen molar-refractivity contribution in [1.29, 1.82) is 0 Å². The van der Waals surface area contributed by atoms with E-state index in [1.165, 1.54) is 32.0 Å². The quantitative estimate of drug-likeness (QED) is 0.785. The van der Waals surface area contributed by atoms with E-state index in [9.17, 15) is 13.2 Å². The minimum absolute atomic E-state index is 0.137. The van der Waals surface area contributed by atoms with Crippen molar-refractivity contribution >= 4 is 38.9 Å². The zero-order chi connectivity index (χ0) is 13.0. The second-order valence-electron chi connectivity index (χ2n) is 4.30. The lowest BCUT2D eigenvalue weighted by molar-refractivity contribution is -0.120. The van der Waals surface area contributed by atoms with Gasteiger partial charge in [-0.1, -0.05) is 11.6 Å². The molecule has 0 atom stereocenters. The van der Waals surface area contributed by atoms with Crippen LogP contribution in [0.5, 0.6) is 0 Å². The summed E-state index contributed by atoms with van der Waals surface area (Å²) in [6, 6.07) is 4.32. The number of carbonyl (C=O) groups excluding carboxylic acids is 1. The molecule has 2 N–H and O–H groups in total. The van der Waals surface area contributed by atoms with Crippen LogP contribution in [0.15, 0.2) is 18.2 Å². The van der Waals surface area contributed by atoms with Crippen molar-refractivity contribution in [1.82, 2.24) is 0 Å². The normalized spacial score (nSPS) is 21.1. The van der Waals surface area contributed by atoms with Gasteiger partial charge in [0.1, 0.15) is 0 Å². The summed E-state index contributed by atoms with van der Waals surface area (Å²) in [4.78, 5) is 11.8. The van der Waals surface area contributed by atoms with Crippen LogP contribution in [0.25, 0.3) is 0 Å². The van der Waals surface area contributed by atoms with Crippen molar-refractivity contribution in [2.75, 3.05) is 10.0 Å². The predicted molar refractivity (Wildman–Crippen MR) is 66.3 cm³/mol. The molecule has 1 amide bonds. The minimum Gasteiger partial charge on any atom is -0.399 e. The Kier molecular flexibility index (Phi) is 2.41. The molecule has 0 bridgehead atoms. The number of amides is 1. The number of halogens is 1. The topological polar surface area (TPSA) is 80.5 Å². The maximum atomic E-state index is 11.9. The highest BCUT2D eigenvalue weighted by Gasteiger charge is 2.61. The second-order valence-corrected chi connectivity index (χ2v) is 7.04. The van der Waals surface area contributed by atoms with Crippen LogP contribution in [0.4, 0.5) is 11.4 Å². The molecular weight excluding hydrogens is 264 g/mol. The highest BCUT2D eigenvalue weighted by molar-refractivity contribution is 7.98. The molecule has 1 aliphatic rings. The van der Waals surface area contributed by atoms with Crippen LogP contribution in [-0.4, -0.2) is 19.1 Å². The zero-order valence-electron chi connectivity index (χ0n) is 9.27. The first-order valence-electron chi connectivity index (χ1n) is 4.84. The van der Waals surface area contributed by atoms with E-state index >= 15 is 0 Å². The van der Waals surface area contributed by atoms with E-state index in [4.69, 9.17) is 17.3 Å². The fourth-order valence-corrected chi connectivity index (χ4v) is 3.40. The molecule has 1 aromatic rings. The highest BCUT2D eigenvalue weighted by atomic mass is 35.5. The Morgan fingerprint density at radius 3 is 2.41 bits per heavy atom. The van der Waals surface area contributed by atoms with Crippen molar-refractivity contribution in [3.8, 4) is 0 Å². The van der Waals surface area contributed by atoms with Gasteiger partial charge < -0.3 is 5.73 Å². The average Bonchev–Trinajstić information content (AvgIpc) is 2.21. The highest BCUT2D eigenvalue weighted by Crippen LogP contribution is 2.42. The molecule has 1 fully saturated rings. The van der Waals surface area contributed by atoms with Gasteiger partial charge in [-0.05, 0) is 32.0 Å². The van der Waals surface area contributed by atoms with E-state index in [0.29, 0.717) is 5.69 Å². The molecule has 1 aliphatic heterocycles. The number of carbonyl (C=O) groups is 1. The summed E-state index contributed by atoms with van der Waals surface area (Å²) >= 11 is 5.88. The van der Waals surface area contributed by atoms with Gasteiger partial charge in [0.2, 0.25) is 0 Å². The van der Waals surface area contributed by atoms with Crippen LogP contribution in [0.1, 0.15) is 13.8 Å². The first-order chi connectivity index (χ1) is 7.69. The number of nitrogens with two attached hydrogens (primary N) is 1. The van der Waals surface area contributed by atoms with Crippen molar-refractivity contribution in [3.05, 3.63) is 23.2 Å². The molecule has 0 aromatic heterocycles. The molecule has 1 heterocycles. The molecule has 17 heavy (non-hydrogen) atoms. The monoisotopic (exact) mass is 274 g/mol. The van der Waals surface area contributed by atoms with Gasteiger partial charge in [-0.25, -0.2) is 12.7 Å². The number of anilines is 2. The van der Waals surface area contributed by atoms with Gasteiger partial charge >= 0.3 is 0 Å². The molecule has 2 rings (SSSR count). The van der Waals surface area contributed by atoms with Crippen molar-refractivity contribution in [2.45, 2.75) is 18.6 Å². The van der Waals surface area contributed by atoms with Crippen molar-refractivity contribution in [3.63, 3.8) is 0 Å². The Bertz CT molecular complexity index is 610. The lowest BCUT2D eigenvalue weighted by Gasteiger charge is -2.43. The number of sulfonamides is 1. The standard InChI is InChI=1S/C10H11ClN2O3S/c1-10(2)9(14)13(17(10,15)16)8-4-3-6(12)5-7(8)11/h3-5H,12H2,1-2H3. The Hall–Kier alpha value is -1.27. The second kappa shape index (κ2) is 3.36. The third-order valence-corrected chi connectivity index (χ3v) is 5.39. The van der Waals surface area contributed by atoms with E-state index < -0.39 is 20.7 Å². The van der Waals surface area contributed by atoms with Gasteiger partial charge in [0.25, 0.3) is 15.9 Å². The number of hydrogen-bond acceptors (Lipinski definition) is 4. The molecule has 7 heteroatoms. The number of nitrogens with zero attached hydrogens (tertiary/aromatic N) is 1. The molecule has 0 aliphatic carbocycles. The van der Waals surface area contributed by atoms with Gasteiger partial charge in [-0.3, -0.25) is 4.79 Å². The Balaban J connectivity index is 2.55. The molecule has 0 saturated carbocycles. The average molecular weight is 275 g/mol. The van der Waals surface area contributed by atoms with Gasteiger partial charge in [-0.2, -0.15) is 0 Å². The lowest BCUT2D eigenvalue weighted by Crippen LogP contribution is -2.67. The first kappa shape index (κ1) is 12.2. The minimum atomic E-state index is -3.68. The summed E-state index contributed by atoms with van der Waals surface area (Å²) in [6.45, 7) is 2.73. The summed E-state index contributed by atoms with van der Waals surface area (Å²) in [5.41, 5.74) is 6.05. The fourth-order valence-electron chi connectivity index (χ4n) is 1.58. The van der Waals surface area contributed by atoms with Crippen LogP contribution in [0.3, 0.4) is 0 Å². The third-order valence-electron chi connectivity index (χ3n) is 2.78. The van der Waals surface area contributed by atoms with Gasteiger partial charge in [-0.15, -0.1) is 0 Å².